The summed E-state index contributed by atoms with van der Waals surface area (Å²) in [7, 11) is 0. The van der Waals surface area contributed by atoms with Gasteiger partial charge in [0.15, 0.2) is 0 Å². The van der Waals surface area contributed by atoms with Crippen molar-refractivity contribution in [2.75, 3.05) is 26.2 Å². The van der Waals surface area contributed by atoms with Gasteiger partial charge in [0.25, 0.3) is 17.5 Å². The third kappa shape index (κ3) is 9.65. The van der Waals surface area contributed by atoms with Crippen molar-refractivity contribution in [2.45, 2.75) is 73.5 Å². The molecule has 6 amide bonds. The molecule has 11 rings (SSSR count). The van der Waals surface area contributed by atoms with Crippen molar-refractivity contribution in [3.8, 4) is 0 Å². The molecule has 0 aromatic heterocycles. The van der Waals surface area contributed by atoms with Crippen LogP contribution in [0, 0.1) is 33.8 Å². The molecule has 2 heterocycles. The molecule has 2 aliphatic heterocycles. The molecule has 4 aliphatic carbocycles. The van der Waals surface area contributed by atoms with Crippen molar-refractivity contribution in [1.29, 1.82) is 0 Å². The normalized spacial score (nSPS) is 28.8. The zero-order valence-corrected chi connectivity index (χ0v) is 39.0. The van der Waals surface area contributed by atoms with Crippen molar-refractivity contribution >= 4 is 41.1 Å². The lowest BCUT2D eigenvalue weighted by Crippen LogP contribution is -2.43. The number of hydrogen-bond donors (Lipinski definition) is 4. The summed E-state index contributed by atoms with van der Waals surface area (Å²) in [4.78, 5) is 99.7. The molecule has 0 radical (unpaired) electrons. The second-order valence-electron chi connectivity index (χ2n) is 20.3. The van der Waals surface area contributed by atoms with Gasteiger partial charge in [0.1, 0.15) is 5.56 Å². The zero-order valence-electron chi connectivity index (χ0n) is 39.0. The van der Waals surface area contributed by atoms with E-state index in [0.29, 0.717) is 0 Å². The summed E-state index contributed by atoms with van der Waals surface area (Å²) >= 11 is 0. The van der Waals surface area contributed by atoms with E-state index in [2.05, 4.69) is 21.3 Å². The van der Waals surface area contributed by atoms with Crippen LogP contribution in [0.1, 0.15) is 92.3 Å². The van der Waals surface area contributed by atoms with Gasteiger partial charge < -0.3 is 31.1 Å². The van der Waals surface area contributed by atoms with Crippen molar-refractivity contribution in [1.82, 2.24) is 31.1 Å². The van der Waals surface area contributed by atoms with E-state index < -0.39 is 46.1 Å². The summed E-state index contributed by atoms with van der Waals surface area (Å²) in [5.41, 5.74) is 3.41. The van der Waals surface area contributed by atoms with Crippen molar-refractivity contribution in [3.63, 3.8) is 0 Å². The van der Waals surface area contributed by atoms with Crippen LogP contribution in [-0.4, -0.2) is 101 Å². The maximum Gasteiger partial charge on any atom is 0.282 e. The van der Waals surface area contributed by atoms with Crippen molar-refractivity contribution in [2.24, 2.45) is 23.7 Å². The summed E-state index contributed by atoms with van der Waals surface area (Å²) in [6, 6.07) is 42.6. The highest BCUT2D eigenvalue weighted by Gasteiger charge is 2.51. The lowest BCUT2D eigenvalue weighted by atomic mass is 9.94. The van der Waals surface area contributed by atoms with E-state index in [1.165, 1.54) is 21.9 Å². The number of nitrogens with one attached hydrogen (secondary N) is 4. The van der Waals surface area contributed by atoms with Crippen LogP contribution in [0.5, 0.6) is 0 Å². The zero-order chi connectivity index (χ0) is 48.9. The maximum atomic E-state index is 14.4. The van der Waals surface area contributed by atoms with Gasteiger partial charge in [-0.25, -0.2) is 0 Å². The number of likely N-dealkylation sites (tertiary alicyclic amines) is 2. The molecule has 5 aromatic rings. The van der Waals surface area contributed by atoms with E-state index in [9.17, 15) is 38.9 Å². The molecular weight excluding hydrogens is 899 g/mol. The molecule has 0 bridgehead atoms. The van der Waals surface area contributed by atoms with E-state index in [-0.39, 0.29) is 109 Å². The van der Waals surface area contributed by atoms with Gasteiger partial charge in [-0.05, 0) is 60.1 Å². The molecule has 0 spiro atoms. The van der Waals surface area contributed by atoms with Crippen LogP contribution in [0.4, 0.5) is 5.69 Å². The Morgan fingerprint density at radius 1 is 0.423 bits per heavy atom. The van der Waals surface area contributed by atoms with Crippen LogP contribution in [0.3, 0.4) is 0 Å². The van der Waals surface area contributed by atoms with E-state index in [0.717, 1.165) is 54.0 Å². The summed E-state index contributed by atoms with van der Waals surface area (Å²) in [6.07, 6.45) is 2.99. The van der Waals surface area contributed by atoms with Gasteiger partial charge in [0.2, 0.25) is 23.6 Å². The number of benzene rings is 5. The van der Waals surface area contributed by atoms with Crippen molar-refractivity contribution < 1.29 is 33.7 Å². The van der Waals surface area contributed by atoms with Gasteiger partial charge in [0.05, 0.1) is 28.6 Å². The minimum atomic E-state index is -0.913. The molecule has 6 fully saturated rings. The molecule has 5 aromatic carbocycles. The fourth-order valence-electron chi connectivity index (χ4n) is 11.2. The first kappa shape index (κ1) is 45.7. The third-order valence-electron chi connectivity index (χ3n) is 15.6. The first-order chi connectivity index (χ1) is 34.5. The molecule has 4 saturated carbocycles. The molecule has 4 N–H and O–H groups in total. The third-order valence-corrected chi connectivity index (χ3v) is 15.6. The standard InChI is InChI=1S/C56H55N7O8/c64-51(57-46-24-38(46)32-13-5-1-6-14-32)42-28-61(29-43(42)52(65)58-47-25-39(47)33-15-7-2-8-16-33)55(68)36-21-22-37(50(23-36)63(70)71)56(69)62-30-44(53(66)59-48-26-40(48)34-17-9-3-10-18-34)45(31-62)54(67)60-49-27-41(49)35-19-11-4-12-20-35/h1-23,38-49H,24-31H2,(H,57,64)(H,58,65)(H,59,66)(H,60,67)/t38-,39-,40-,41-,42-,43-,44-,45-,46+,47+,48+,49+/m1/s1. The van der Waals surface area contributed by atoms with Crippen LogP contribution < -0.4 is 21.3 Å². The monoisotopic (exact) mass is 953 g/mol. The molecular formula is C56H55N7O8. The molecule has 15 nitrogen and oxygen atoms in total. The van der Waals surface area contributed by atoms with Crippen molar-refractivity contribution in [3.05, 3.63) is 183 Å². The summed E-state index contributed by atoms with van der Waals surface area (Å²) in [6.45, 7) is -0.464. The first-order valence-electron chi connectivity index (χ1n) is 24.8. The van der Waals surface area contributed by atoms with Crippen LogP contribution in [0.25, 0.3) is 0 Å². The van der Waals surface area contributed by atoms with Gasteiger partial charge in [-0.15, -0.1) is 0 Å². The van der Waals surface area contributed by atoms with Crippen LogP contribution in [-0.2, 0) is 19.2 Å². The smallest absolute Gasteiger partial charge is 0.282 e. The van der Waals surface area contributed by atoms with Crippen LogP contribution >= 0.6 is 0 Å². The van der Waals surface area contributed by atoms with E-state index >= 15 is 0 Å². The summed E-state index contributed by atoms with van der Waals surface area (Å²) in [5, 5.41) is 25.2. The molecule has 362 valence electrons. The number of hydrogen-bond acceptors (Lipinski definition) is 8. The average Bonchev–Trinajstić information content (AvgIpc) is 4.33. The van der Waals surface area contributed by atoms with E-state index in [4.69, 9.17) is 0 Å². The number of carbonyl (C=O) groups is 6. The van der Waals surface area contributed by atoms with E-state index in [1.54, 1.807) is 0 Å². The average molecular weight is 954 g/mol. The number of rotatable bonds is 15. The lowest BCUT2D eigenvalue weighted by Gasteiger charge is -2.18. The van der Waals surface area contributed by atoms with Gasteiger partial charge >= 0.3 is 0 Å². The largest absolute Gasteiger partial charge is 0.352 e. The van der Waals surface area contributed by atoms with E-state index in [1.807, 2.05) is 121 Å². The van der Waals surface area contributed by atoms with Gasteiger partial charge in [0, 0.05) is 85.6 Å². The Morgan fingerprint density at radius 2 is 0.718 bits per heavy atom. The number of amides is 6. The number of carbonyl (C=O) groups excluding carboxylic acids is 6. The highest BCUT2D eigenvalue weighted by Crippen LogP contribution is 2.45. The minimum absolute atomic E-state index is 0.0862. The number of nitrogens with zero attached hydrogens (tertiary/aromatic N) is 3. The molecule has 71 heavy (non-hydrogen) atoms. The highest BCUT2D eigenvalue weighted by atomic mass is 16.6. The molecule has 6 aliphatic rings. The Kier molecular flexibility index (Phi) is 12.2. The minimum Gasteiger partial charge on any atom is -0.352 e. The van der Waals surface area contributed by atoms with Crippen LogP contribution in [0.2, 0.25) is 0 Å². The Morgan fingerprint density at radius 3 is 1.01 bits per heavy atom. The number of nitro benzene ring substituents is 1. The molecule has 0 unspecified atom stereocenters. The molecule has 2 saturated heterocycles. The Hall–Kier alpha value is -7.68. The van der Waals surface area contributed by atoms with Crippen LogP contribution in [0.15, 0.2) is 140 Å². The first-order valence-corrected chi connectivity index (χ1v) is 24.8. The Bertz CT molecular complexity index is 2740. The summed E-state index contributed by atoms with van der Waals surface area (Å²) in [5.74, 6) is -5.80. The van der Waals surface area contributed by atoms with Gasteiger partial charge in [-0.3, -0.25) is 38.9 Å². The lowest BCUT2D eigenvalue weighted by molar-refractivity contribution is -0.385. The molecule has 12 atom stereocenters. The predicted octanol–water partition coefficient (Wildman–Crippen LogP) is 5.66. The van der Waals surface area contributed by atoms with Gasteiger partial charge in [-0.1, -0.05) is 121 Å². The quantitative estimate of drug-likeness (QED) is 0.0761. The highest BCUT2D eigenvalue weighted by molar-refractivity contribution is 6.03. The number of nitro groups is 1. The topological polar surface area (TPSA) is 200 Å². The Balaban J connectivity index is 0.794. The predicted molar refractivity (Wildman–Crippen MR) is 262 cm³/mol. The molecule has 15 heteroatoms. The summed E-state index contributed by atoms with van der Waals surface area (Å²) < 4.78 is 0. The second-order valence-corrected chi connectivity index (χ2v) is 20.3. The Labute approximate surface area is 410 Å². The SMILES string of the molecule is O=C(N[C@H]1C[C@@H]1c1ccccc1)[C@@H]1CN(C(=O)c2ccc(C(=O)N3C[C@@H](C(=O)N[C@H]4C[C@@H]4c4ccccc4)[C@H](C(=O)N[C@H]4C[C@@H]4c4ccccc4)C3)c([N+](=O)[O-])c2)C[C@H]1C(=O)N[C@H]1C[C@@H]1c1ccccc1. The fourth-order valence-corrected chi connectivity index (χ4v) is 11.2. The second kappa shape index (κ2) is 18.9. The fraction of sp³-hybridized carbons (Fsp3) is 0.357. The maximum absolute atomic E-state index is 14.4. The van der Waals surface area contributed by atoms with Gasteiger partial charge in [-0.2, -0.15) is 0 Å².